The second kappa shape index (κ2) is 5.27. The number of nitrogens with zero attached hydrogens (tertiary/aromatic N) is 3. The van der Waals surface area contributed by atoms with E-state index in [0.717, 1.165) is 24.2 Å². The van der Waals surface area contributed by atoms with Crippen molar-refractivity contribution in [1.29, 1.82) is 0 Å². The maximum atomic E-state index is 13.1. The molecular weight excluding hydrogens is 330 g/mol. The monoisotopic (exact) mass is 349 g/mol. The Bertz CT molecular complexity index is 912. The zero-order valence-electron chi connectivity index (χ0n) is 14.4. The lowest BCUT2D eigenvalue weighted by molar-refractivity contribution is 0.0686. The molecule has 0 aliphatic carbocycles. The van der Waals surface area contributed by atoms with Crippen molar-refractivity contribution in [3.63, 3.8) is 0 Å². The van der Waals surface area contributed by atoms with E-state index in [-0.39, 0.29) is 23.9 Å². The Morgan fingerprint density at radius 1 is 1.19 bits per heavy atom. The van der Waals surface area contributed by atoms with Crippen molar-refractivity contribution in [1.82, 2.24) is 20.2 Å². The highest BCUT2D eigenvalue weighted by Gasteiger charge is 2.60. The Balaban J connectivity index is 1.49. The Morgan fingerprint density at radius 2 is 2.04 bits per heavy atom. The van der Waals surface area contributed by atoms with E-state index in [0.29, 0.717) is 17.7 Å². The van der Waals surface area contributed by atoms with Crippen LogP contribution in [0.2, 0.25) is 0 Å². The van der Waals surface area contributed by atoms with Crippen LogP contribution in [0.1, 0.15) is 45.8 Å². The number of nitrogens with one attached hydrogen (secondary N) is 2. The number of carbonyl (C=O) groups is 2. The molecule has 2 aromatic rings. The lowest BCUT2D eigenvalue weighted by Crippen LogP contribution is -2.64. The van der Waals surface area contributed by atoms with E-state index in [2.05, 4.69) is 20.6 Å². The molecule has 4 heterocycles. The van der Waals surface area contributed by atoms with Gasteiger partial charge >= 0.3 is 0 Å². The molecule has 2 saturated heterocycles. The van der Waals surface area contributed by atoms with Crippen LogP contribution in [0.25, 0.3) is 0 Å². The van der Waals surface area contributed by atoms with Gasteiger partial charge in [-0.3, -0.25) is 14.6 Å². The number of hydrogen-bond acceptors (Lipinski definition) is 5. The molecule has 2 bridgehead atoms. The van der Waals surface area contributed by atoms with E-state index in [4.69, 9.17) is 0 Å². The number of amides is 2. The van der Waals surface area contributed by atoms with Gasteiger partial charge in [0.2, 0.25) is 0 Å². The van der Waals surface area contributed by atoms with Crippen molar-refractivity contribution < 1.29 is 9.59 Å². The first-order valence-electron chi connectivity index (χ1n) is 8.88. The maximum Gasteiger partial charge on any atom is 0.274 e. The van der Waals surface area contributed by atoms with E-state index < -0.39 is 5.66 Å². The van der Waals surface area contributed by atoms with E-state index in [1.807, 2.05) is 36.1 Å². The molecule has 2 amide bonds. The Labute approximate surface area is 150 Å². The molecule has 0 unspecified atom stereocenters. The van der Waals surface area contributed by atoms with E-state index in [1.54, 1.807) is 6.20 Å². The van der Waals surface area contributed by atoms with Crippen LogP contribution >= 0.6 is 0 Å². The fourth-order valence-electron chi connectivity index (χ4n) is 4.62. The standard InChI is InChI=1S/C19H19N5O2/c1-11-9-21-15(10-20-11)18(26)24-12-6-7-16(24)19(8-12)22-14-5-3-2-4-13(14)17(25)23-19/h2-5,9-10,12,16,22H,6-8H2,1H3,(H,23,25)/t12-,16-,19+/m0/s1. The summed E-state index contributed by atoms with van der Waals surface area (Å²) in [5, 5.41) is 6.66. The fraction of sp³-hybridized carbons (Fsp3) is 0.368. The maximum absolute atomic E-state index is 13.1. The van der Waals surface area contributed by atoms with Crippen molar-refractivity contribution >= 4 is 17.5 Å². The number of carbonyl (C=O) groups excluding carboxylic acids is 2. The smallest absolute Gasteiger partial charge is 0.274 e. The van der Waals surface area contributed by atoms with Crippen LogP contribution in [-0.2, 0) is 0 Å². The highest BCUT2D eigenvalue weighted by atomic mass is 16.2. The van der Waals surface area contributed by atoms with Crippen LogP contribution in [0.3, 0.4) is 0 Å². The van der Waals surface area contributed by atoms with Gasteiger partial charge in [-0.2, -0.15) is 0 Å². The van der Waals surface area contributed by atoms with Crippen LogP contribution in [0, 0.1) is 6.92 Å². The first-order valence-corrected chi connectivity index (χ1v) is 8.88. The summed E-state index contributed by atoms with van der Waals surface area (Å²) in [7, 11) is 0. The Hall–Kier alpha value is -2.96. The number of anilines is 1. The largest absolute Gasteiger partial charge is 0.360 e. The van der Waals surface area contributed by atoms with Crippen LogP contribution < -0.4 is 10.6 Å². The highest BCUT2D eigenvalue weighted by molar-refractivity contribution is 6.02. The van der Waals surface area contributed by atoms with Gasteiger partial charge in [0.1, 0.15) is 11.4 Å². The van der Waals surface area contributed by atoms with Crippen molar-refractivity contribution in [2.45, 2.75) is 43.9 Å². The predicted octanol–water partition coefficient (Wildman–Crippen LogP) is 1.71. The third kappa shape index (κ3) is 2.06. The molecule has 2 fully saturated rings. The molecule has 1 aromatic heterocycles. The van der Waals surface area contributed by atoms with Crippen molar-refractivity contribution in [3.05, 3.63) is 53.6 Å². The lowest BCUT2D eigenvalue weighted by atomic mass is 9.86. The van der Waals surface area contributed by atoms with Gasteiger partial charge in [0, 0.05) is 24.3 Å². The molecule has 0 radical (unpaired) electrons. The number of benzene rings is 1. The molecule has 1 aromatic carbocycles. The molecular formula is C19H19N5O2. The summed E-state index contributed by atoms with van der Waals surface area (Å²) in [6.07, 6.45) is 5.63. The molecule has 3 atom stereocenters. The normalized spacial score (nSPS) is 28.7. The highest BCUT2D eigenvalue weighted by Crippen LogP contribution is 2.46. The SMILES string of the molecule is Cc1cnc(C(=O)N2[C@H]3CC[C@H]2[C@@]2(C3)NC(=O)c3ccccc3N2)cn1. The number of rotatable bonds is 1. The molecule has 3 aliphatic heterocycles. The summed E-state index contributed by atoms with van der Waals surface area (Å²) >= 11 is 0. The van der Waals surface area contributed by atoms with Crippen molar-refractivity contribution in [2.75, 3.05) is 5.32 Å². The summed E-state index contributed by atoms with van der Waals surface area (Å²) in [5.41, 5.74) is 1.99. The average molecular weight is 349 g/mol. The fourth-order valence-corrected chi connectivity index (χ4v) is 4.62. The van der Waals surface area contributed by atoms with E-state index >= 15 is 0 Å². The van der Waals surface area contributed by atoms with Crippen LogP contribution in [0.4, 0.5) is 5.69 Å². The minimum atomic E-state index is -0.609. The molecule has 0 saturated carbocycles. The zero-order chi connectivity index (χ0) is 17.9. The number of aromatic nitrogens is 2. The summed E-state index contributed by atoms with van der Waals surface area (Å²) in [4.78, 5) is 36.0. The topological polar surface area (TPSA) is 87.2 Å². The molecule has 2 N–H and O–H groups in total. The molecule has 132 valence electrons. The van der Waals surface area contributed by atoms with Gasteiger partial charge in [-0.15, -0.1) is 0 Å². The quantitative estimate of drug-likeness (QED) is 0.818. The van der Waals surface area contributed by atoms with Gasteiger partial charge in [-0.25, -0.2) is 4.98 Å². The molecule has 5 rings (SSSR count). The summed E-state index contributed by atoms with van der Waals surface area (Å²) in [5.74, 6) is -0.203. The summed E-state index contributed by atoms with van der Waals surface area (Å²) < 4.78 is 0. The third-order valence-electron chi connectivity index (χ3n) is 5.73. The molecule has 26 heavy (non-hydrogen) atoms. The van der Waals surface area contributed by atoms with Crippen molar-refractivity contribution in [3.8, 4) is 0 Å². The molecule has 3 aliphatic rings. The molecule has 1 spiro atoms. The second-order valence-electron chi connectivity index (χ2n) is 7.30. The van der Waals surface area contributed by atoms with Gasteiger partial charge in [0.05, 0.1) is 23.5 Å². The Morgan fingerprint density at radius 3 is 2.85 bits per heavy atom. The van der Waals surface area contributed by atoms with Crippen LogP contribution in [-0.4, -0.2) is 44.4 Å². The van der Waals surface area contributed by atoms with Gasteiger partial charge in [0.25, 0.3) is 11.8 Å². The zero-order valence-corrected chi connectivity index (χ0v) is 14.4. The van der Waals surface area contributed by atoms with Crippen LogP contribution in [0.5, 0.6) is 0 Å². The first-order chi connectivity index (χ1) is 12.6. The first kappa shape index (κ1) is 15.3. The van der Waals surface area contributed by atoms with E-state index in [1.165, 1.54) is 6.20 Å². The number of hydrogen-bond donors (Lipinski definition) is 2. The van der Waals surface area contributed by atoms with Gasteiger partial charge in [0.15, 0.2) is 0 Å². The molecule has 7 nitrogen and oxygen atoms in total. The van der Waals surface area contributed by atoms with E-state index in [9.17, 15) is 9.59 Å². The second-order valence-corrected chi connectivity index (χ2v) is 7.30. The number of aryl methyl sites for hydroxylation is 1. The number of para-hydroxylation sites is 1. The molecule has 7 heteroatoms. The predicted molar refractivity (Wildman–Crippen MR) is 94.6 cm³/mol. The minimum Gasteiger partial charge on any atom is -0.360 e. The lowest BCUT2D eigenvalue weighted by Gasteiger charge is -2.43. The van der Waals surface area contributed by atoms with Gasteiger partial charge in [-0.05, 0) is 31.9 Å². The van der Waals surface area contributed by atoms with Crippen molar-refractivity contribution in [2.24, 2.45) is 0 Å². The average Bonchev–Trinajstić information content (AvgIpc) is 3.17. The van der Waals surface area contributed by atoms with Gasteiger partial charge in [-0.1, -0.05) is 12.1 Å². The van der Waals surface area contributed by atoms with Crippen LogP contribution in [0.15, 0.2) is 36.7 Å². The van der Waals surface area contributed by atoms with Gasteiger partial charge < -0.3 is 15.5 Å². The number of fused-ring (bicyclic) bond motifs is 4. The summed E-state index contributed by atoms with van der Waals surface area (Å²) in [6, 6.07) is 7.48. The third-order valence-corrected chi connectivity index (χ3v) is 5.73. The minimum absolute atomic E-state index is 0.0885. The summed E-state index contributed by atoms with van der Waals surface area (Å²) in [6.45, 7) is 1.84. The Kier molecular flexibility index (Phi) is 3.10.